The Kier molecular flexibility index (Phi) is 5.03. The van der Waals surface area contributed by atoms with E-state index in [1.807, 2.05) is 19.3 Å². The van der Waals surface area contributed by atoms with Gasteiger partial charge in [-0.2, -0.15) is 5.10 Å². The van der Waals surface area contributed by atoms with E-state index in [0.29, 0.717) is 29.4 Å². The first-order valence-electron chi connectivity index (χ1n) is 9.99. The van der Waals surface area contributed by atoms with Crippen molar-refractivity contribution in [1.82, 2.24) is 19.7 Å². The number of amides is 1. The molecule has 2 aromatic carbocycles. The van der Waals surface area contributed by atoms with Crippen molar-refractivity contribution < 1.29 is 18.7 Å². The summed E-state index contributed by atoms with van der Waals surface area (Å²) in [5.41, 5.74) is 2.85. The van der Waals surface area contributed by atoms with Crippen LogP contribution in [0.5, 0.6) is 17.2 Å². The lowest BCUT2D eigenvalue weighted by Crippen LogP contribution is -2.38. The van der Waals surface area contributed by atoms with Crippen LogP contribution in [0.3, 0.4) is 0 Å². The van der Waals surface area contributed by atoms with E-state index < -0.39 is 0 Å². The van der Waals surface area contributed by atoms with Crippen LogP contribution in [-0.2, 0) is 13.6 Å². The Morgan fingerprint density at radius 1 is 1.09 bits per heavy atom. The fourth-order valence-corrected chi connectivity index (χ4v) is 3.49. The smallest absolute Gasteiger partial charge is 0.260 e. The first-order chi connectivity index (χ1) is 15.5. The summed E-state index contributed by atoms with van der Waals surface area (Å²) in [6, 6.07) is 14.8. The number of hydrogen-bond acceptors (Lipinski definition) is 5. The molecule has 1 aliphatic heterocycles. The summed E-state index contributed by atoms with van der Waals surface area (Å²) in [6.45, 7) is 0.449. The molecule has 0 N–H and O–H groups in total. The molecule has 0 fully saturated rings. The number of aromatic nitrogens is 3. The molecule has 0 unspecified atom stereocenters. The molecule has 8 heteroatoms. The van der Waals surface area contributed by atoms with Gasteiger partial charge in [-0.25, -0.2) is 4.39 Å². The Morgan fingerprint density at radius 3 is 2.69 bits per heavy atom. The standard InChI is InChI=1S/C24H19FN4O3/c1-28-14-17(12-27-28)22-11-20(8-9-26-22)32-19-6-7-23-21(10-19)24(30)29(15-31-23)13-16-2-4-18(25)5-3-16/h2-12,14H,13,15H2,1H3. The van der Waals surface area contributed by atoms with E-state index in [4.69, 9.17) is 9.47 Å². The van der Waals surface area contributed by atoms with Gasteiger partial charge in [-0.3, -0.25) is 14.5 Å². The van der Waals surface area contributed by atoms with Gasteiger partial charge in [0.15, 0.2) is 6.73 Å². The van der Waals surface area contributed by atoms with Crippen molar-refractivity contribution >= 4 is 5.91 Å². The second-order valence-corrected chi connectivity index (χ2v) is 7.44. The fraction of sp³-hybridized carbons (Fsp3) is 0.125. The first kappa shape index (κ1) is 19.7. The SMILES string of the molecule is Cn1cc(-c2cc(Oc3ccc4c(c3)C(=O)N(Cc3ccc(F)cc3)CO4)ccn2)cn1. The zero-order chi connectivity index (χ0) is 22.1. The van der Waals surface area contributed by atoms with Crippen molar-refractivity contribution in [3.05, 3.63) is 90.1 Å². The van der Waals surface area contributed by atoms with Crippen molar-refractivity contribution in [3.8, 4) is 28.5 Å². The predicted molar refractivity (Wildman–Crippen MR) is 115 cm³/mol. The third-order valence-corrected chi connectivity index (χ3v) is 5.10. The highest BCUT2D eigenvalue weighted by Crippen LogP contribution is 2.32. The topological polar surface area (TPSA) is 69.5 Å². The number of hydrogen-bond donors (Lipinski definition) is 0. The van der Waals surface area contributed by atoms with Crippen LogP contribution in [0.15, 0.2) is 73.2 Å². The van der Waals surface area contributed by atoms with E-state index in [9.17, 15) is 9.18 Å². The van der Waals surface area contributed by atoms with Gasteiger partial charge in [0.05, 0.1) is 17.5 Å². The molecular weight excluding hydrogens is 411 g/mol. The van der Waals surface area contributed by atoms with E-state index in [0.717, 1.165) is 16.8 Å². The summed E-state index contributed by atoms with van der Waals surface area (Å²) >= 11 is 0. The second-order valence-electron chi connectivity index (χ2n) is 7.44. The zero-order valence-electron chi connectivity index (χ0n) is 17.2. The van der Waals surface area contributed by atoms with Gasteiger partial charge in [-0.15, -0.1) is 0 Å². The van der Waals surface area contributed by atoms with Crippen LogP contribution in [-0.4, -0.2) is 32.3 Å². The van der Waals surface area contributed by atoms with E-state index in [2.05, 4.69) is 10.1 Å². The van der Waals surface area contributed by atoms with Crippen LogP contribution in [0.4, 0.5) is 4.39 Å². The summed E-state index contributed by atoms with van der Waals surface area (Å²) in [4.78, 5) is 19.0. The maximum Gasteiger partial charge on any atom is 0.260 e. The van der Waals surface area contributed by atoms with Gasteiger partial charge >= 0.3 is 0 Å². The highest BCUT2D eigenvalue weighted by atomic mass is 19.1. The highest BCUT2D eigenvalue weighted by molar-refractivity contribution is 5.98. The minimum Gasteiger partial charge on any atom is -0.472 e. The van der Waals surface area contributed by atoms with E-state index in [1.54, 1.807) is 58.4 Å². The molecule has 2 aromatic heterocycles. The van der Waals surface area contributed by atoms with E-state index >= 15 is 0 Å². The Labute approximate surface area is 183 Å². The van der Waals surface area contributed by atoms with Gasteiger partial charge in [0.25, 0.3) is 5.91 Å². The van der Waals surface area contributed by atoms with Crippen molar-refractivity contribution in [1.29, 1.82) is 0 Å². The summed E-state index contributed by atoms with van der Waals surface area (Å²) in [5, 5.41) is 4.17. The average molecular weight is 430 g/mol. The number of carbonyl (C=O) groups is 1. The molecule has 32 heavy (non-hydrogen) atoms. The van der Waals surface area contributed by atoms with Crippen LogP contribution >= 0.6 is 0 Å². The predicted octanol–water partition coefficient (Wildman–Crippen LogP) is 4.41. The number of ether oxygens (including phenoxy) is 2. The maximum atomic E-state index is 13.2. The van der Waals surface area contributed by atoms with Gasteiger partial charge in [-0.1, -0.05) is 12.1 Å². The van der Waals surface area contributed by atoms with E-state index in [-0.39, 0.29) is 18.5 Å². The lowest BCUT2D eigenvalue weighted by Gasteiger charge is -2.29. The van der Waals surface area contributed by atoms with Crippen LogP contribution < -0.4 is 9.47 Å². The number of pyridine rings is 1. The molecule has 0 bridgehead atoms. The lowest BCUT2D eigenvalue weighted by atomic mass is 10.1. The summed E-state index contributed by atoms with van der Waals surface area (Å²) < 4.78 is 26.6. The molecule has 4 aromatic rings. The van der Waals surface area contributed by atoms with Crippen LogP contribution in [0.25, 0.3) is 11.3 Å². The molecule has 1 amide bonds. The third-order valence-electron chi connectivity index (χ3n) is 5.10. The number of fused-ring (bicyclic) bond motifs is 1. The van der Waals surface area contributed by atoms with Crippen molar-refractivity contribution in [2.45, 2.75) is 6.54 Å². The third kappa shape index (κ3) is 4.02. The van der Waals surface area contributed by atoms with Gasteiger partial charge in [0.1, 0.15) is 23.1 Å². The molecule has 3 heterocycles. The minimum atomic E-state index is -0.315. The Morgan fingerprint density at radius 2 is 1.91 bits per heavy atom. The highest BCUT2D eigenvalue weighted by Gasteiger charge is 2.26. The van der Waals surface area contributed by atoms with Crippen molar-refractivity contribution in [2.75, 3.05) is 6.73 Å². The summed E-state index contributed by atoms with van der Waals surface area (Å²) in [5.74, 6) is 1.11. The molecule has 7 nitrogen and oxygen atoms in total. The number of carbonyl (C=O) groups excluding carboxylic acids is 1. The number of halogens is 1. The monoisotopic (exact) mass is 430 g/mol. The van der Waals surface area contributed by atoms with Crippen LogP contribution in [0.2, 0.25) is 0 Å². The molecule has 160 valence electrons. The largest absolute Gasteiger partial charge is 0.472 e. The van der Waals surface area contributed by atoms with Crippen LogP contribution in [0, 0.1) is 5.82 Å². The Bertz CT molecular complexity index is 1290. The van der Waals surface area contributed by atoms with E-state index in [1.165, 1.54) is 12.1 Å². The molecule has 0 spiro atoms. The molecule has 0 saturated heterocycles. The quantitative estimate of drug-likeness (QED) is 0.469. The zero-order valence-corrected chi connectivity index (χ0v) is 17.2. The molecule has 0 aliphatic carbocycles. The molecule has 0 saturated carbocycles. The molecule has 0 atom stereocenters. The maximum absolute atomic E-state index is 13.2. The van der Waals surface area contributed by atoms with Gasteiger partial charge in [0, 0.05) is 37.6 Å². The van der Waals surface area contributed by atoms with Crippen LogP contribution in [0.1, 0.15) is 15.9 Å². The normalized spacial score (nSPS) is 12.9. The number of aryl methyl sites for hydroxylation is 1. The number of nitrogens with zero attached hydrogens (tertiary/aromatic N) is 4. The van der Waals surface area contributed by atoms with Crippen molar-refractivity contribution in [2.24, 2.45) is 7.05 Å². The second kappa shape index (κ2) is 8.14. The van der Waals surface area contributed by atoms with Crippen molar-refractivity contribution in [3.63, 3.8) is 0 Å². The minimum absolute atomic E-state index is 0.127. The Balaban J connectivity index is 1.35. The lowest BCUT2D eigenvalue weighted by molar-refractivity contribution is 0.0498. The van der Waals surface area contributed by atoms with Gasteiger partial charge in [-0.05, 0) is 42.0 Å². The molecule has 1 aliphatic rings. The summed E-state index contributed by atoms with van der Waals surface area (Å²) in [7, 11) is 1.84. The summed E-state index contributed by atoms with van der Waals surface area (Å²) in [6.07, 6.45) is 5.27. The molecular formula is C24H19FN4O3. The Hall–Kier alpha value is -4.20. The number of benzene rings is 2. The van der Waals surface area contributed by atoms with Gasteiger partial charge < -0.3 is 14.4 Å². The first-order valence-corrected chi connectivity index (χ1v) is 9.99. The number of rotatable bonds is 5. The molecule has 0 radical (unpaired) electrons. The average Bonchev–Trinajstić information content (AvgIpc) is 3.24. The molecule has 5 rings (SSSR count). The fourth-order valence-electron chi connectivity index (χ4n) is 3.49. The van der Waals surface area contributed by atoms with Gasteiger partial charge in [0.2, 0.25) is 0 Å².